The third-order valence-electron chi connectivity index (χ3n) is 4.32. The molecule has 0 aliphatic rings. The molecule has 0 aliphatic carbocycles. The molecule has 0 spiro atoms. The normalized spacial score (nSPS) is 10.5. The standard InChI is InChI=1S/C22H24N4O4S/c1-26(2)22(28)31-18-13-9-16(10-14-18)23-19(27)5-4-6-20-24-21(25-30-20)15-7-11-17(29-3)12-8-15/h7-14H,4-6H2,1-3H3,(H,23,27). The number of benzene rings is 2. The van der Waals surface area contributed by atoms with Crippen LogP contribution < -0.4 is 10.1 Å². The molecular formula is C22H24N4O4S. The Labute approximate surface area is 185 Å². The molecule has 0 radical (unpaired) electrons. The number of thioether (sulfide) groups is 1. The third-order valence-corrected chi connectivity index (χ3v) is 5.37. The number of anilines is 1. The highest BCUT2D eigenvalue weighted by Crippen LogP contribution is 2.23. The first-order valence-electron chi connectivity index (χ1n) is 9.70. The maximum absolute atomic E-state index is 12.2. The Morgan fingerprint density at radius 2 is 1.81 bits per heavy atom. The van der Waals surface area contributed by atoms with Crippen LogP contribution in [-0.2, 0) is 11.2 Å². The molecule has 31 heavy (non-hydrogen) atoms. The van der Waals surface area contributed by atoms with E-state index in [1.807, 2.05) is 24.3 Å². The number of hydrogen-bond donors (Lipinski definition) is 1. The third kappa shape index (κ3) is 6.58. The summed E-state index contributed by atoms with van der Waals surface area (Å²) < 4.78 is 10.4. The van der Waals surface area contributed by atoms with Crippen molar-refractivity contribution in [1.82, 2.24) is 15.0 Å². The van der Waals surface area contributed by atoms with Crippen molar-refractivity contribution in [2.75, 3.05) is 26.5 Å². The van der Waals surface area contributed by atoms with Gasteiger partial charge in [0.25, 0.3) is 5.24 Å². The lowest BCUT2D eigenvalue weighted by Crippen LogP contribution is -2.16. The second-order valence-electron chi connectivity index (χ2n) is 6.93. The van der Waals surface area contributed by atoms with Gasteiger partial charge in [-0.25, -0.2) is 0 Å². The number of methoxy groups -OCH3 is 1. The molecule has 1 aromatic heterocycles. The van der Waals surface area contributed by atoms with E-state index in [-0.39, 0.29) is 11.1 Å². The van der Waals surface area contributed by atoms with E-state index < -0.39 is 0 Å². The Morgan fingerprint density at radius 3 is 2.45 bits per heavy atom. The Bertz CT molecular complexity index is 1020. The van der Waals surface area contributed by atoms with E-state index >= 15 is 0 Å². The lowest BCUT2D eigenvalue weighted by Gasteiger charge is -2.09. The van der Waals surface area contributed by atoms with Gasteiger partial charge < -0.3 is 19.5 Å². The van der Waals surface area contributed by atoms with Gasteiger partial charge in [0.15, 0.2) is 0 Å². The highest BCUT2D eigenvalue weighted by Gasteiger charge is 2.11. The van der Waals surface area contributed by atoms with Crippen molar-refractivity contribution in [2.24, 2.45) is 0 Å². The van der Waals surface area contributed by atoms with Crippen LogP contribution in [0.5, 0.6) is 5.75 Å². The molecule has 0 unspecified atom stereocenters. The molecule has 1 N–H and O–H groups in total. The topological polar surface area (TPSA) is 97.6 Å². The molecule has 8 nitrogen and oxygen atoms in total. The number of aromatic nitrogens is 2. The van der Waals surface area contributed by atoms with Crippen LogP contribution in [0.15, 0.2) is 57.9 Å². The fraction of sp³-hybridized carbons (Fsp3) is 0.273. The Balaban J connectivity index is 1.44. The second kappa shape index (κ2) is 10.6. The Hall–Kier alpha value is -3.33. The number of carbonyl (C=O) groups excluding carboxylic acids is 2. The first-order valence-corrected chi connectivity index (χ1v) is 10.5. The van der Waals surface area contributed by atoms with Gasteiger partial charge in [-0.15, -0.1) is 0 Å². The molecule has 3 rings (SSSR count). The number of rotatable bonds is 8. The maximum Gasteiger partial charge on any atom is 0.285 e. The number of nitrogens with one attached hydrogen (secondary N) is 1. The van der Waals surface area contributed by atoms with Crippen LogP contribution in [0.3, 0.4) is 0 Å². The monoisotopic (exact) mass is 440 g/mol. The van der Waals surface area contributed by atoms with E-state index in [4.69, 9.17) is 9.26 Å². The first kappa shape index (κ1) is 22.4. The molecule has 0 fully saturated rings. The molecule has 2 aromatic carbocycles. The number of carbonyl (C=O) groups is 2. The zero-order valence-corrected chi connectivity index (χ0v) is 18.4. The van der Waals surface area contributed by atoms with Crippen molar-refractivity contribution in [3.8, 4) is 17.1 Å². The number of amides is 2. The van der Waals surface area contributed by atoms with Crippen LogP contribution in [-0.4, -0.2) is 47.4 Å². The SMILES string of the molecule is COc1ccc(-c2noc(CCCC(=O)Nc3ccc(SC(=O)N(C)C)cc3)n2)cc1. The first-order chi connectivity index (χ1) is 14.9. The fourth-order valence-electron chi connectivity index (χ4n) is 2.64. The van der Waals surface area contributed by atoms with Gasteiger partial charge in [0, 0.05) is 43.1 Å². The summed E-state index contributed by atoms with van der Waals surface area (Å²) in [6.45, 7) is 0. The van der Waals surface area contributed by atoms with E-state index in [2.05, 4.69) is 15.5 Å². The summed E-state index contributed by atoms with van der Waals surface area (Å²) in [5, 5.41) is 6.79. The Morgan fingerprint density at radius 1 is 1.10 bits per heavy atom. The molecule has 9 heteroatoms. The lowest BCUT2D eigenvalue weighted by molar-refractivity contribution is -0.116. The van der Waals surface area contributed by atoms with Crippen LogP contribution in [0.1, 0.15) is 18.7 Å². The lowest BCUT2D eigenvalue weighted by atomic mass is 10.2. The van der Waals surface area contributed by atoms with Crippen molar-refractivity contribution in [3.63, 3.8) is 0 Å². The largest absolute Gasteiger partial charge is 0.497 e. The fourth-order valence-corrected chi connectivity index (χ4v) is 3.29. The minimum Gasteiger partial charge on any atom is -0.497 e. The summed E-state index contributed by atoms with van der Waals surface area (Å²) in [7, 11) is 5.02. The van der Waals surface area contributed by atoms with E-state index in [0.717, 1.165) is 28.0 Å². The van der Waals surface area contributed by atoms with E-state index in [0.29, 0.717) is 36.7 Å². The molecule has 0 saturated carbocycles. The molecule has 162 valence electrons. The number of nitrogens with zero attached hydrogens (tertiary/aromatic N) is 3. The molecule has 1 heterocycles. The predicted molar refractivity (Wildman–Crippen MR) is 119 cm³/mol. The van der Waals surface area contributed by atoms with Gasteiger partial charge >= 0.3 is 0 Å². The van der Waals surface area contributed by atoms with Crippen LogP contribution >= 0.6 is 11.8 Å². The van der Waals surface area contributed by atoms with Crippen molar-refractivity contribution in [3.05, 3.63) is 54.4 Å². The van der Waals surface area contributed by atoms with Gasteiger partial charge in [0.1, 0.15) is 5.75 Å². The van der Waals surface area contributed by atoms with E-state index in [1.54, 1.807) is 45.5 Å². The highest BCUT2D eigenvalue weighted by atomic mass is 32.2. The van der Waals surface area contributed by atoms with Gasteiger partial charge in [-0.2, -0.15) is 4.98 Å². The van der Waals surface area contributed by atoms with Crippen molar-refractivity contribution in [2.45, 2.75) is 24.2 Å². The zero-order valence-electron chi connectivity index (χ0n) is 17.6. The van der Waals surface area contributed by atoms with Gasteiger partial charge in [0.05, 0.1) is 7.11 Å². The summed E-state index contributed by atoms with van der Waals surface area (Å²) in [5.74, 6) is 1.66. The van der Waals surface area contributed by atoms with Gasteiger partial charge in [-0.3, -0.25) is 9.59 Å². The molecular weight excluding hydrogens is 416 g/mol. The number of ether oxygens (including phenoxy) is 1. The maximum atomic E-state index is 12.2. The molecule has 0 aliphatic heterocycles. The van der Waals surface area contributed by atoms with Crippen molar-refractivity contribution in [1.29, 1.82) is 0 Å². The molecule has 0 bridgehead atoms. The highest BCUT2D eigenvalue weighted by molar-refractivity contribution is 8.13. The van der Waals surface area contributed by atoms with Crippen molar-refractivity contribution < 1.29 is 18.8 Å². The number of aryl methyl sites for hydroxylation is 1. The quantitative estimate of drug-likeness (QED) is 0.516. The van der Waals surface area contributed by atoms with Gasteiger partial charge in [-0.1, -0.05) is 5.16 Å². The summed E-state index contributed by atoms with van der Waals surface area (Å²) in [4.78, 5) is 30.6. The average molecular weight is 441 g/mol. The van der Waals surface area contributed by atoms with Crippen LogP contribution in [0.4, 0.5) is 10.5 Å². The van der Waals surface area contributed by atoms with E-state index in [1.165, 1.54) is 4.90 Å². The van der Waals surface area contributed by atoms with Crippen LogP contribution in [0.25, 0.3) is 11.4 Å². The van der Waals surface area contributed by atoms with Crippen LogP contribution in [0.2, 0.25) is 0 Å². The summed E-state index contributed by atoms with van der Waals surface area (Å²) in [6.07, 6.45) is 1.43. The van der Waals surface area contributed by atoms with E-state index in [9.17, 15) is 9.59 Å². The smallest absolute Gasteiger partial charge is 0.285 e. The number of hydrogen-bond acceptors (Lipinski definition) is 7. The minimum atomic E-state index is -0.0975. The molecule has 0 saturated heterocycles. The molecule has 0 atom stereocenters. The summed E-state index contributed by atoms with van der Waals surface area (Å²) in [6, 6.07) is 14.6. The average Bonchev–Trinajstić information content (AvgIpc) is 3.24. The predicted octanol–water partition coefficient (Wildman–Crippen LogP) is 4.48. The van der Waals surface area contributed by atoms with Crippen molar-refractivity contribution >= 4 is 28.6 Å². The van der Waals surface area contributed by atoms with Crippen LogP contribution in [0, 0.1) is 0 Å². The van der Waals surface area contributed by atoms with Gasteiger partial charge in [-0.05, 0) is 66.7 Å². The zero-order chi connectivity index (χ0) is 22.2. The second-order valence-corrected chi connectivity index (χ2v) is 7.95. The molecule has 3 aromatic rings. The summed E-state index contributed by atoms with van der Waals surface area (Å²) in [5.41, 5.74) is 1.52. The minimum absolute atomic E-state index is 0.0482. The van der Waals surface area contributed by atoms with Gasteiger partial charge in [0.2, 0.25) is 17.6 Å². The summed E-state index contributed by atoms with van der Waals surface area (Å²) >= 11 is 1.14. The molecule has 2 amide bonds. The Kier molecular flexibility index (Phi) is 7.66.